The molecule has 80 valence electrons. The molecule has 0 unspecified atom stereocenters. The number of thiophene rings is 1. The summed E-state index contributed by atoms with van der Waals surface area (Å²) in [4.78, 5) is 0. The van der Waals surface area contributed by atoms with Crippen molar-refractivity contribution in [2.45, 2.75) is 13.8 Å². The highest BCUT2D eigenvalue weighted by Crippen LogP contribution is 2.36. The van der Waals surface area contributed by atoms with E-state index in [1.807, 2.05) is 36.6 Å². The van der Waals surface area contributed by atoms with Crippen LogP contribution in [0.5, 0.6) is 5.06 Å². The van der Waals surface area contributed by atoms with Crippen molar-refractivity contribution in [3.05, 3.63) is 40.3 Å². The predicted molar refractivity (Wildman–Crippen MR) is 65.6 cm³/mol. The molecule has 0 aliphatic carbocycles. The molecule has 0 saturated carbocycles. The highest BCUT2D eigenvalue weighted by atomic mass is 32.1. The Hall–Kier alpha value is -1.79. The van der Waals surface area contributed by atoms with Gasteiger partial charge < -0.3 is 5.11 Å². The van der Waals surface area contributed by atoms with Crippen LogP contribution in [0.1, 0.15) is 16.7 Å². The van der Waals surface area contributed by atoms with Crippen molar-refractivity contribution >= 4 is 11.3 Å². The number of nitriles is 1. The van der Waals surface area contributed by atoms with Crippen LogP contribution in [0.4, 0.5) is 0 Å². The van der Waals surface area contributed by atoms with Crippen molar-refractivity contribution in [3.8, 4) is 22.3 Å². The minimum absolute atomic E-state index is 0.0933. The van der Waals surface area contributed by atoms with Crippen LogP contribution in [0.25, 0.3) is 11.1 Å². The molecule has 0 aliphatic rings. The lowest BCUT2D eigenvalue weighted by molar-refractivity contribution is 0.489. The first-order valence-electron chi connectivity index (χ1n) is 4.91. The molecule has 1 N–H and O–H groups in total. The second kappa shape index (κ2) is 3.99. The van der Waals surface area contributed by atoms with Gasteiger partial charge in [0.15, 0.2) is 5.06 Å². The van der Waals surface area contributed by atoms with Crippen LogP contribution in [0.2, 0.25) is 0 Å². The van der Waals surface area contributed by atoms with Gasteiger partial charge in [-0.2, -0.15) is 5.26 Å². The fourth-order valence-electron chi connectivity index (χ4n) is 1.58. The second-order valence-electron chi connectivity index (χ2n) is 3.74. The third kappa shape index (κ3) is 1.68. The van der Waals surface area contributed by atoms with E-state index in [4.69, 9.17) is 5.26 Å². The third-order valence-electron chi connectivity index (χ3n) is 2.70. The van der Waals surface area contributed by atoms with Gasteiger partial charge in [-0.25, -0.2) is 0 Å². The molecule has 16 heavy (non-hydrogen) atoms. The monoisotopic (exact) mass is 229 g/mol. The number of hydrogen-bond acceptors (Lipinski definition) is 3. The summed E-state index contributed by atoms with van der Waals surface area (Å²) in [5, 5.41) is 20.4. The molecule has 2 rings (SSSR count). The summed E-state index contributed by atoms with van der Waals surface area (Å²) in [6, 6.07) is 8.08. The molecule has 1 aromatic heterocycles. The molecule has 0 aliphatic heterocycles. The zero-order valence-electron chi connectivity index (χ0n) is 9.11. The molecule has 0 amide bonds. The smallest absolute Gasteiger partial charge is 0.190 e. The Balaban J connectivity index is 2.60. The fraction of sp³-hybridized carbons (Fsp3) is 0.154. The van der Waals surface area contributed by atoms with Gasteiger partial charge in [-0.1, -0.05) is 18.2 Å². The van der Waals surface area contributed by atoms with E-state index in [0.717, 1.165) is 11.1 Å². The molecule has 0 radical (unpaired) electrons. The molecule has 2 aromatic rings. The van der Waals surface area contributed by atoms with E-state index in [-0.39, 0.29) is 5.06 Å². The van der Waals surface area contributed by atoms with Crippen LogP contribution in [0.15, 0.2) is 23.6 Å². The van der Waals surface area contributed by atoms with E-state index >= 15 is 0 Å². The molecule has 2 nitrogen and oxygen atoms in total. The fourth-order valence-corrected chi connectivity index (χ4v) is 2.33. The summed E-state index contributed by atoms with van der Waals surface area (Å²) in [5.74, 6) is 0. The minimum Gasteiger partial charge on any atom is -0.499 e. The molecular formula is C13H11NOS. The molecule has 0 fully saturated rings. The zero-order valence-corrected chi connectivity index (χ0v) is 9.93. The number of rotatable bonds is 1. The average molecular weight is 229 g/mol. The highest BCUT2D eigenvalue weighted by molar-refractivity contribution is 7.12. The predicted octanol–water partition coefficient (Wildman–Crippen LogP) is 3.61. The average Bonchev–Trinajstić information content (AvgIpc) is 2.63. The van der Waals surface area contributed by atoms with Gasteiger partial charge in [-0.3, -0.25) is 0 Å². The summed E-state index contributed by atoms with van der Waals surface area (Å²) >= 11 is 1.19. The van der Waals surface area contributed by atoms with Gasteiger partial charge in [-0.05, 0) is 30.5 Å². The van der Waals surface area contributed by atoms with Crippen molar-refractivity contribution in [1.29, 1.82) is 5.26 Å². The van der Waals surface area contributed by atoms with Crippen molar-refractivity contribution in [1.82, 2.24) is 0 Å². The lowest BCUT2D eigenvalue weighted by atomic mass is 10.0. The summed E-state index contributed by atoms with van der Waals surface area (Å²) in [7, 11) is 0. The minimum atomic E-state index is 0.0933. The van der Waals surface area contributed by atoms with Crippen LogP contribution in [-0.2, 0) is 0 Å². The van der Waals surface area contributed by atoms with Crippen LogP contribution < -0.4 is 0 Å². The van der Waals surface area contributed by atoms with E-state index in [0.29, 0.717) is 5.56 Å². The molecule has 0 atom stereocenters. The normalized spacial score (nSPS) is 10.1. The van der Waals surface area contributed by atoms with Gasteiger partial charge in [0.25, 0.3) is 0 Å². The van der Waals surface area contributed by atoms with Crippen LogP contribution in [0.3, 0.4) is 0 Å². The zero-order chi connectivity index (χ0) is 11.7. The first-order chi connectivity index (χ1) is 7.63. The van der Waals surface area contributed by atoms with Gasteiger partial charge in [0.05, 0.1) is 0 Å². The van der Waals surface area contributed by atoms with Gasteiger partial charge >= 0.3 is 0 Å². The Bertz CT molecular complexity index is 578. The number of benzene rings is 1. The lowest BCUT2D eigenvalue weighted by Gasteiger charge is -2.03. The molecule has 0 saturated heterocycles. The maximum Gasteiger partial charge on any atom is 0.190 e. The molecule has 0 bridgehead atoms. The first kappa shape index (κ1) is 10.7. The van der Waals surface area contributed by atoms with E-state index in [9.17, 15) is 5.11 Å². The Kier molecular flexibility index (Phi) is 2.67. The van der Waals surface area contributed by atoms with E-state index in [1.165, 1.54) is 22.5 Å². The highest BCUT2D eigenvalue weighted by Gasteiger charge is 2.12. The molecule has 0 spiro atoms. The van der Waals surface area contributed by atoms with Gasteiger partial charge in [0.2, 0.25) is 0 Å². The number of aryl methyl sites for hydroxylation is 2. The van der Waals surface area contributed by atoms with Crippen molar-refractivity contribution in [2.75, 3.05) is 0 Å². The van der Waals surface area contributed by atoms with Crippen molar-refractivity contribution in [2.24, 2.45) is 0 Å². The van der Waals surface area contributed by atoms with E-state index in [1.54, 1.807) is 0 Å². The van der Waals surface area contributed by atoms with Gasteiger partial charge in [-0.15, -0.1) is 11.3 Å². The Labute approximate surface area is 98.4 Å². The number of aromatic hydroxyl groups is 1. The van der Waals surface area contributed by atoms with Crippen molar-refractivity contribution in [3.63, 3.8) is 0 Å². The standard InChI is InChI=1S/C13H11NOS/c1-8-3-4-10(5-9(8)2)12-7-16-13(15)11(12)6-14/h3-5,7,15H,1-2H3. The van der Waals surface area contributed by atoms with Gasteiger partial charge in [0.1, 0.15) is 11.6 Å². The summed E-state index contributed by atoms with van der Waals surface area (Å²) < 4.78 is 0. The summed E-state index contributed by atoms with van der Waals surface area (Å²) in [6.07, 6.45) is 0. The lowest BCUT2D eigenvalue weighted by Crippen LogP contribution is -1.84. The Morgan fingerprint density at radius 1 is 1.25 bits per heavy atom. The van der Waals surface area contributed by atoms with E-state index < -0.39 is 0 Å². The molecule has 1 heterocycles. The second-order valence-corrected chi connectivity index (χ2v) is 4.60. The van der Waals surface area contributed by atoms with E-state index in [2.05, 4.69) is 6.92 Å². The largest absolute Gasteiger partial charge is 0.499 e. The number of hydrogen-bond donors (Lipinski definition) is 1. The van der Waals surface area contributed by atoms with Crippen LogP contribution >= 0.6 is 11.3 Å². The SMILES string of the molecule is Cc1ccc(-c2csc(O)c2C#N)cc1C. The third-order valence-corrected chi connectivity index (χ3v) is 3.48. The summed E-state index contributed by atoms with van der Waals surface area (Å²) in [5.41, 5.74) is 4.58. The Morgan fingerprint density at radius 2 is 2.00 bits per heavy atom. The maximum absolute atomic E-state index is 9.51. The first-order valence-corrected chi connectivity index (χ1v) is 5.79. The molecule has 3 heteroatoms. The summed E-state index contributed by atoms with van der Waals surface area (Å²) in [6.45, 7) is 4.09. The van der Waals surface area contributed by atoms with Gasteiger partial charge in [0, 0.05) is 10.9 Å². The molecular weight excluding hydrogens is 218 g/mol. The topological polar surface area (TPSA) is 44.0 Å². The van der Waals surface area contributed by atoms with Crippen LogP contribution in [0, 0.1) is 25.2 Å². The maximum atomic E-state index is 9.51. The number of nitrogens with zero attached hydrogens (tertiary/aromatic N) is 1. The quantitative estimate of drug-likeness (QED) is 0.811. The molecule has 1 aromatic carbocycles. The Morgan fingerprint density at radius 3 is 2.62 bits per heavy atom. The van der Waals surface area contributed by atoms with Crippen LogP contribution in [-0.4, -0.2) is 5.11 Å². The van der Waals surface area contributed by atoms with Crippen molar-refractivity contribution < 1.29 is 5.11 Å².